The zero-order valence-corrected chi connectivity index (χ0v) is 11.8. The van der Waals surface area contributed by atoms with Crippen molar-refractivity contribution in [3.05, 3.63) is 59.9 Å². The van der Waals surface area contributed by atoms with Crippen LogP contribution in [0.1, 0.15) is 17.3 Å². The second-order valence-corrected chi connectivity index (χ2v) is 4.56. The van der Waals surface area contributed by atoms with Gasteiger partial charge in [-0.05, 0) is 36.4 Å². The number of nitrogens with zero attached hydrogens (tertiary/aromatic N) is 1. The van der Waals surface area contributed by atoms with Crippen molar-refractivity contribution < 1.29 is 14.0 Å². The van der Waals surface area contributed by atoms with E-state index < -0.39 is 5.82 Å². The highest BCUT2D eigenvalue weighted by molar-refractivity contribution is 6.07. The van der Waals surface area contributed by atoms with Gasteiger partial charge in [0.15, 0.2) is 0 Å². The van der Waals surface area contributed by atoms with E-state index in [9.17, 15) is 14.0 Å². The predicted molar refractivity (Wildman–Crippen MR) is 79.9 cm³/mol. The molecule has 0 atom stereocenters. The second-order valence-electron chi connectivity index (χ2n) is 4.56. The largest absolute Gasteiger partial charge is 0.320 e. The Balaban J connectivity index is 2.25. The summed E-state index contributed by atoms with van der Waals surface area (Å²) in [7, 11) is 1.63. The SMILES string of the molecule is CC(=O)N(C)c1ccccc1NC(=O)c1ccc(F)cc1. The Hall–Kier alpha value is -2.69. The van der Waals surface area contributed by atoms with Gasteiger partial charge in [-0.3, -0.25) is 9.59 Å². The number of para-hydroxylation sites is 2. The lowest BCUT2D eigenvalue weighted by Gasteiger charge is -2.19. The smallest absolute Gasteiger partial charge is 0.255 e. The zero-order chi connectivity index (χ0) is 15.4. The summed E-state index contributed by atoms with van der Waals surface area (Å²) in [6, 6.07) is 12.2. The molecule has 0 aliphatic rings. The summed E-state index contributed by atoms with van der Waals surface area (Å²) in [6.07, 6.45) is 0. The van der Waals surface area contributed by atoms with E-state index >= 15 is 0 Å². The first-order valence-corrected chi connectivity index (χ1v) is 6.39. The molecule has 2 amide bonds. The van der Waals surface area contributed by atoms with Gasteiger partial charge in [0, 0.05) is 19.5 Å². The van der Waals surface area contributed by atoms with Crippen LogP contribution in [0, 0.1) is 5.82 Å². The number of hydrogen-bond donors (Lipinski definition) is 1. The van der Waals surface area contributed by atoms with Crippen LogP contribution in [0.5, 0.6) is 0 Å². The third-order valence-electron chi connectivity index (χ3n) is 3.09. The number of nitrogens with one attached hydrogen (secondary N) is 1. The van der Waals surface area contributed by atoms with Crippen LogP contribution in [0.3, 0.4) is 0 Å². The van der Waals surface area contributed by atoms with Crippen molar-refractivity contribution in [3.8, 4) is 0 Å². The molecular formula is C16H15FN2O2. The maximum absolute atomic E-state index is 12.9. The fourth-order valence-electron chi connectivity index (χ4n) is 1.84. The van der Waals surface area contributed by atoms with Gasteiger partial charge >= 0.3 is 0 Å². The van der Waals surface area contributed by atoms with Gasteiger partial charge in [-0.25, -0.2) is 4.39 Å². The molecule has 0 aliphatic carbocycles. The second kappa shape index (κ2) is 6.17. The van der Waals surface area contributed by atoms with Crippen molar-refractivity contribution in [1.29, 1.82) is 0 Å². The monoisotopic (exact) mass is 286 g/mol. The molecule has 0 spiro atoms. The lowest BCUT2D eigenvalue weighted by molar-refractivity contribution is -0.116. The van der Waals surface area contributed by atoms with E-state index in [2.05, 4.69) is 5.32 Å². The van der Waals surface area contributed by atoms with Crippen LogP contribution in [-0.4, -0.2) is 18.9 Å². The van der Waals surface area contributed by atoms with E-state index in [1.54, 1.807) is 31.3 Å². The van der Waals surface area contributed by atoms with Crippen molar-refractivity contribution in [3.63, 3.8) is 0 Å². The third-order valence-corrected chi connectivity index (χ3v) is 3.09. The molecule has 0 aromatic heterocycles. The number of amides is 2. The van der Waals surface area contributed by atoms with Gasteiger partial charge in [0.1, 0.15) is 5.82 Å². The van der Waals surface area contributed by atoms with Crippen LogP contribution in [-0.2, 0) is 4.79 Å². The van der Waals surface area contributed by atoms with Gasteiger partial charge < -0.3 is 10.2 Å². The molecule has 0 saturated carbocycles. The summed E-state index contributed by atoms with van der Waals surface area (Å²) in [5, 5.41) is 2.73. The van der Waals surface area contributed by atoms with E-state index in [0.717, 1.165) is 0 Å². The van der Waals surface area contributed by atoms with Crippen molar-refractivity contribution in [2.45, 2.75) is 6.92 Å². The van der Waals surface area contributed by atoms with E-state index in [0.29, 0.717) is 16.9 Å². The summed E-state index contributed by atoms with van der Waals surface area (Å²) >= 11 is 0. The zero-order valence-electron chi connectivity index (χ0n) is 11.8. The van der Waals surface area contributed by atoms with E-state index in [1.807, 2.05) is 0 Å². The first-order chi connectivity index (χ1) is 9.99. The molecule has 5 heteroatoms. The molecule has 2 aromatic rings. The molecule has 0 aliphatic heterocycles. The highest BCUT2D eigenvalue weighted by atomic mass is 19.1. The Morgan fingerprint density at radius 2 is 1.67 bits per heavy atom. The van der Waals surface area contributed by atoms with Crippen molar-refractivity contribution >= 4 is 23.2 Å². The molecule has 0 bridgehead atoms. The van der Waals surface area contributed by atoms with Gasteiger partial charge in [-0.1, -0.05) is 12.1 Å². The molecule has 1 N–H and O–H groups in total. The molecule has 108 valence electrons. The Kier molecular flexibility index (Phi) is 4.33. The molecule has 0 radical (unpaired) electrons. The number of halogens is 1. The highest BCUT2D eigenvalue weighted by Crippen LogP contribution is 2.25. The fourth-order valence-corrected chi connectivity index (χ4v) is 1.84. The average molecular weight is 286 g/mol. The van der Waals surface area contributed by atoms with Gasteiger partial charge in [-0.15, -0.1) is 0 Å². The normalized spacial score (nSPS) is 10.0. The Labute approximate surface area is 122 Å². The number of carbonyl (C=O) groups is 2. The molecule has 0 unspecified atom stereocenters. The van der Waals surface area contributed by atoms with Crippen LogP contribution < -0.4 is 10.2 Å². The van der Waals surface area contributed by atoms with Crippen LogP contribution in [0.2, 0.25) is 0 Å². The predicted octanol–water partition coefficient (Wildman–Crippen LogP) is 3.06. The molecule has 2 aromatic carbocycles. The van der Waals surface area contributed by atoms with Crippen LogP contribution in [0.15, 0.2) is 48.5 Å². The topological polar surface area (TPSA) is 49.4 Å². The minimum absolute atomic E-state index is 0.140. The Morgan fingerprint density at radius 3 is 2.29 bits per heavy atom. The molecule has 4 nitrogen and oxygen atoms in total. The lowest BCUT2D eigenvalue weighted by Crippen LogP contribution is -2.24. The third kappa shape index (κ3) is 3.45. The Morgan fingerprint density at radius 1 is 1.05 bits per heavy atom. The number of rotatable bonds is 3. The first-order valence-electron chi connectivity index (χ1n) is 6.39. The Bertz CT molecular complexity index is 668. The van der Waals surface area contributed by atoms with Gasteiger partial charge in [-0.2, -0.15) is 0 Å². The van der Waals surface area contributed by atoms with Crippen molar-refractivity contribution in [2.24, 2.45) is 0 Å². The summed E-state index contributed by atoms with van der Waals surface area (Å²) in [5.41, 5.74) is 1.46. The van der Waals surface area contributed by atoms with Crippen molar-refractivity contribution in [2.75, 3.05) is 17.3 Å². The van der Waals surface area contributed by atoms with E-state index in [-0.39, 0.29) is 11.8 Å². The van der Waals surface area contributed by atoms with Crippen molar-refractivity contribution in [1.82, 2.24) is 0 Å². The number of hydrogen-bond acceptors (Lipinski definition) is 2. The molecule has 21 heavy (non-hydrogen) atoms. The standard InChI is InChI=1S/C16H15FN2O2/c1-11(20)19(2)15-6-4-3-5-14(15)18-16(21)12-7-9-13(17)10-8-12/h3-10H,1-2H3,(H,18,21). The van der Waals surface area contributed by atoms with Gasteiger partial charge in [0.05, 0.1) is 11.4 Å². The number of carbonyl (C=O) groups excluding carboxylic acids is 2. The maximum atomic E-state index is 12.9. The molecule has 0 fully saturated rings. The lowest BCUT2D eigenvalue weighted by atomic mass is 10.2. The summed E-state index contributed by atoms with van der Waals surface area (Å²) in [4.78, 5) is 25.0. The molecular weight excluding hydrogens is 271 g/mol. The highest BCUT2D eigenvalue weighted by Gasteiger charge is 2.13. The summed E-state index contributed by atoms with van der Waals surface area (Å²) in [5.74, 6) is -0.902. The molecule has 0 heterocycles. The van der Waals surface area contributed by atoms with Crippen LogP contribution in [0.25, 0.3) is 0 Å². The summed E-state index contributed by atoms with van der Waals surface area (Å²) in [6.45, 7) is 1.44. The van der Waals surface area contributed by atoms with Gasteiger partial charge in [0.2, 0.25) is 5.91 Å². The van der Waals surface area contributed by atoms with Gasteiger partial charge in [0.25, 0.3) is 5.91 Å². The minimum Gasteiger partial charge on any atom is -0.320 e. The van der Waals surface area contributed by atoms with Crippen LogP contribution in [0.4, 0.5) is 15.8 Å². The van der Waals surface area contributed by atoms with E-state index in [1.165, 1.54) is 36.1 Å². The summed E-state index contributed by atoms with van der Waals surface area (Å²) < 4.78 is 12.9. The number of benzene rings is 2. The van der Waals surface area contributed by atoms with Crippen LogP contribution >= 0.6 is 0 Å². The number of anilines is 2. The first kappa shape index (κ1) is 14.7. The fraction of sp³-hybridized carbons (Fsp3) is 0.125. The van der Waals surface area contributed by atoms with E-state index in [4.69, 9.17) is 0 Å². The minimum atomic E-state index is -0.400. The molecule has 2 rings (SSSR count). The maximum Gasteiger partial charge on any atom is 0.255 e. The molecule has 0 saturated heterocycles. The quantitative estimate of drug-likeness (QED) is 0.942. The average Bonchev–Trinajstić information content (AvgIpc) is 2.47.